The van der Waals surface area contributed by atoms with Gasteiger partial charge in [-0.1, -0.05) is 36.4 Å². The molecule has 23 heavy (non-hydrogen) atoms. The molecular formula is C18H23NO4. The van der Waals surface area contributed by atoms with Gasteiger partial charge in [-0.15, -0.1) is 0 Å². The van der Waals surface area contributed by atoms with E-state index in [0.717, 1.165) is 11.5 Å². The quantitative estimate of drug-likeness (QED) is 0.619. The van der Waals surface area contributed by atoms with Crippen molar-refractivity contribution in [2.45, 2.75) is 12.2 Å². The standard InChI is InChI=1S/C18H23NO4/c20-15(13-22-17-7-3-1-4-8-17)11-19-12-16(21)14-23-18-9-5-2-6-10-18/h1-10,15-16,19-21H,11-14H2/t15-,16+. The Labute approximate surface area is 136 Å². The summed E-state index contributed by atoms with van der Waals surface area (Å²) in [7, 11) is 0. The second-order valence-electron chi connectivity index (χ2n) is 5.21. The molecule has 2 aromatic carbocycles. The number of aliphatic hydroxyl groups is 2. The van der Waals surface area contributed by atoms with Crippen molar-refractivity contribution in [1.29, 1.82) is 0 Å². The molecule has 0 amide bonds. The van der Waals surface area contributed by atoms with Gasteiger partial charge in [-0.2, -0.15) is 0 Å². The SMILES string of the molecule is O[C@H](CNC[C@H](O)COc1ccccc1)COc1ccccc1. The predicted molar refractivity (Wildman–Crippen MR) is 88.8 cm³/mol. The normalized spacial score (nSPS) is 13.3. The van der Waals surface area contributed by atoms with Crippen molar-refractivity contribution < 1.29 is 19.7 Å². The summed E-state index contributed by atoms with van der Waals surface area (Å²) in [5.74, 6) is 1.45. The first-order valence-electron chi connectivity index (χ1n) is 7.66. The van der Waals surface area contributed by atoms with Crippen molar-refractivity contribution in [2.75, 3.05) is 26.3 Å². The highest BCUT2D eigenvalue weighted by atomic mass is 16.5. The molecule has 5 nitrogen and oxygen atoms in total. The summed E-state index contributed by atoms with van der Waals surface area (Å²) in [4.78, 5) is 0. The Kier molecular flexibility index (Phi) is 7.39. The number of rotatable bonds is 10. The lowest BCUT2D eigenvalue weighted by Crippen LogP contribution is -2.37. The Morgan fingerprint density at radius 3 is 1.48 bits per heavy atom. The topological polar surface area (TPSA) is 71.0 Å². The summed E-state index contributed by atoms with van der Waals surface area (Å²) in [5, 5.41) is 22.7. The Morgan fingerprint density at radius 1 is 0.696 bits per heavy atom. The van der Waals surface area contributed by atoms with Crippen LogP contribution in [-0.2, 0) is 0 Å². The molecule has 0 spiro atoms. The highest BCUT2D eigenvalue weighted by Crippen LogP contribution is 2.09. The van der Waals surface area contributed by atoms with Gasteiger partial charge in [0.25, 0.3) is 0 Å². The maximum atomic E-state index is 9.83. The molecule has 124 valence electrons. The van der Waals surface area contributed by atoms with Crippen LogP contribution in [0.4, 0.5) is 0 Å². The minimum Gasteiger partial charge on any atom is -0.491 e. The lowest BCUT2D eigenvalue weighted by molar-refractivity contribution is 0.0858. The van der Waals surface area contributed by atoms with Crippen molar-refractivity contribution in [1.82, 2.24) is 5.32 Å². The smallest absolute Gasteiger partial charge is 0.119 e. The number of hydrogen-bond donors (Lipinski definition) is 3. The van der Waals surface area contributed by atoms with Gasteiger partial charge >= 0.3 is 0 Å². The number of hydrogen-bond acceptors (Lipinski definition) is 5. The summed E-state index contributed by atoms with van der Waals surface area (Å²) in [6.07, 6.45) is -1.28. The predicted octanol–water partition coefficient (Wildman–Crippen LogP) is 1.46. The Hall–Kier alpha value is -2.08. The minimum absolute atomic E-state index is 0.202. The van der Waals surface area contributed by atoms with E-state index in [-0.39, 0.29) is 13.2 Å². The minimum atomic E-state index is -0.641. The van der Waals surface area contributed by atoms with Crippen LogP contribution in [0.2, 0.25) is 0 Å². The molecule has 0 aliphatic heterocycles. The maximum Gasteiger partial charge on any atom is 0.119 e. The third-order valence-electron chi connectivity index (χ3n) is 3.13. The first-order valence-corrected chi connectivity index (χ1v) is 7.66. The zero-order valence-electron chi connectivity index (χ0n) is 13.0. The molecule has 0 saturated heterocycles. The molecule has 2 aromatic rings. The summed E-state index contributed by atoms with van der Waals surface area (Å²) in [6, 6.07) is 18.7. The molecule has 0 heterocycles. The third-order valence-corrected chi connectivity index (χ3v) is 3.13. The van der Waals surface area contributed by atoms with Crippen LogP contribution in [0.1, 0.15) is 0 Å². The fourth-order valence-corrected chi connectivity index (χ4v) is 1.95. The lowest BCUT2D eigenvalue weighted by atomic mass is 10.3. The molecule has 0 aliphatic rings. The lowest BCUT2D eigenvalue weighted by Gasteiger charge is -2.16. The Morgan fingerprint density at radius 2 is 1.09 bits per heavy atom. The van der Waals surface area contributed by atoms with Crippen molar-refractivity contribution >= 4 is 0 Å². The van der Waals surface area contributed by atoms with E-state index >= 15 is 0 Å². The van der Waals surface area contributed by atoms with E-state index in [0.29, 0.717) is 13.1 Å². The third kappa shape index (κ3) is 7.15. The molecule has 0 fully saturated rings. The Bertz CT molecular complexity index is 486. The maximum absolute atomic E-state index is 9.83. The average Bonchev–Trinajstić information content (AvgIpc) is 2.60. The average molecular weight is 317 g/mol. The van der Waals surface area contributed by atoms with E-state index in [1.165, 1.54) is 0 Å². The number of para-hydroxylation sites is 2. The van der Waals surface area contributed by atoms with Crippen LogP contribution in [0.25, 0.3) is 0 Å². The van der Waals surface area contributed by atoms with E-state index in [2.05, 4.69) is 5.32 Å². The van der Waals surface area contributed by atoms with Crippen molar-refractivity contribution in [3.8, 4) is 11.5 Å². The molecular weight excluding hydrogens is 294 g/mol. The molecule has 0 bridgehead atoms. The van der Waals surface area contributed by atoms with E-state index < -0.39 is 12.2 Å². The number of benzene rings is 2. The first kappa shape index (κ1) is 17.3. The molecule has 0 unspecified atom stereocenters. The van der Waals surface area contributed by atoms with Crippen LogP contribution in [0.3, 0.4) is 0 Å². The van der Waals surface area contributed by atoms with E-state index in [1.807, 2.05) is 60.7 Å². The molecule has 0 radical (unpaired) electrons. The van der Waals surface area contributed by atoms with Crippen molar-refractivity contribution in [2.24, 2.45) is 0 Å². The van der Waals surface area contributed by atoms with Crippen LogP contribution in [0.15, 0.2) is 60.7 Å². The molecule has 3 N–H and O–H groups in total. The van der Waals surface area contributed by atoms with Gasteiger partial charge in [0.05, 0.1) is 0 Å². The Balaban J connectivity index is 1.55. The van der Waals surface area contributed by atoms with Crippen LogP contribution in [-0.4, -0.2) is 48.7 Å². The van der Waals surface area contributed by atoms with Gasteiger partial charge in [-0.05, 0) is 24.3 Å². The van der Waals surface area contributed by atoms with E-state index in [4.69, 9.17) is 9.47 Å². The second-order valence-corrected chi connectivity index (χ2v) is 5.21. The van der Waals surface area contributed by atoms with Gasteiger partial charge < -0.3 is 25.0 Å². The van der Waals surface area contributed by atoms with E-state index in [1.54, 1.807) is 0 Å². The monoisotopic (exact) mass is 317 g/mol. The van der Waals surface area contributed by atoms with Gasteiger partial charge in [0.15, 0.2) is 0 Å². The zero-order chi connectivity index (χ0) is 16.3. The first-order chi connectivity index (χ1) is 11.2. The number of ether oxygens (including phenoxy) is 2. The molecule has 0 aromatic heterocycles. The highest BCUT2D eigenvalue weighted by Gasteiger charge is 2.08. The van der Waals surface area contributed by atoms with Gasteiger partial charge in [0, 0.05) is 13.1 Å². The van der Waals surface area contributed by atoms with Crippen LogP contribution in [0.5, 0.6) is 11.5 Å². The molecule has 2 rings (SSSR count). The fraction of sp³-hybridized carbons (Fsp3) is 0.333. The zero-order valence-corrected chi connectivity index (χ0v) is 13.0. The summed E-state index contributed by atoms with van der Waals surface area (Å²) in [5.41, 5.74) is 0. The number of nitrogens with one attached hydrogen (secondary N) is 1. The summed E-state index contributed by atoms with van der Waals surface area (Å²) >= 11 is 0. The van der Waals surface area contributed by atoms with E-state index in [9.17, 15) is 10.2 Å². The fourth-order valence-electron chi connectivity index (χ4n) is 1.95. The summed E-state index contributed by atoms with van der Waals surface area (Å²) in [6.45, 7) is 1.09. The van der Waals surface area contributed by atoms with Crippen LogP contribution >= 0.6 is 0 Å². The van der Waals surface area contributed by atoms with Gasteiger partial charge in [0.2, 0.25) is 0 Å². The van der Waals surface area contributed by atoms with Gasteiger partial charge in [0.1, 0.15) is 36.9 Å². The largest absolute Gasteiger partial charge is 0.491 e. The van der Waals surface area contributed by atoms with Crippen molar-refractivity contribution in [3.05, 3.63) is 60.7 Å². The second kappa shape index (κ2) is 9.84. The van der Waals surface area contributed by atoms with Crippen LogP contribution < -0.4 is 14.8 Å². The molecule has 5 heteroatoms. The molecule has 2 atom stereocenters. The molecule has 0 aliphatic carbocycles. The summed E-state index contributed by atoms with van der Waals surface area (Å²) < 4.78 is 10.9. The van der Waals surface area contributed by atoms with Crippen molar-refractivity contribution in [3.63, 3.8) is 0 Å². The highest BCUT2D eigenvalue weighted by molar-refractivity contribution is 5.21. The van der Waals surface area contributed by atoms with Crippen LogP contribution in [0, 0.1) is 0 Å². The number of aliphatic hydroxyl groups excluding tert-OH is 2. The van der Waals surface area contributed by atoms with Gasteiger partial charge in [-0.3, -0.25) is 0 Å². The van der Waals surface area contributed by atoms with Gasteiger partial charge in [-0.25, -0.2) is 0 Å². The molecule has 0 saturated carbocycles.